The molecule has 0 spiro atoms. The minimum atomic E-state index is -0.927. The summed E-state index contributed by atoms with van der Waals surface area (Å²) in [5.74, 6) is -1.13. The first-order valence-corrected chi connectivity index (χ1v) is 7.92. The molecular formula is C18H23N3O3. The number of nitrogens with zero attached hydrogens (tertiary/aromatic N) is 2. The lowest BCUT2D eigenvalue weighted by molar-refractivity contribution is -0.139. The van der Waals surface area contributed by atoms with Crippen LogP contribution in [-0.2, 0) is 16.0 Å². The summed E-state index contributed by atoms with van der Waals surface area (Å²) in [6, 6.07) is 9.63. The zero-order valence-corrected chi connectivity index (χ0v) is 14.2. The molecule has 1 aromatic heterocycles. The quantitative estimate of drug-likeness (QED) is 0.817. The highest BCUT2D eigenvalue weighted by atomic mass is 16.4. The van der Waals surface area contributed by atoms with E-state index in [2.05, 4.69) is 10.4 Å². The van der Waals surface area contributed by atoms with E-state index in [1.54, 1.807) is 24.0 Å². The van der Waals surface area contributed by atoms with Crippen molar-refractivity contribution in [2.45, 2.75) is 39.2 Å². The summed E-state index contributed by atoms with van der Waals surface area (Å²) in [4.78, 5) is 23.4. The average molecular weight is 329 g/mol. The van der Waals surface area contributed by atoms with Crippen LogP contribution < -0.4 is 5.32 Å². The van der Waals surface area contributed by atoms with Gasteiger partial charge in [0, 0.05) is 11.7 Å². The molecule has 0 aliphatic rings. The van der Waals surface area contributed by atoms with Crippen molar-refractivity contribution in [3.8, 4) is 5.69 Å². The number of nitrogens with one attached hydrogen (secondary N) is 1. The lowest BCUT2D eigenvalue weighted by Crippen LogP contribution is -2.51. The average Bonchev–Trinajstić information content (AvgIpc) is 2.95. The number of carbonyl (C=O) groups is 2. The minimum absolute atomic E-state index is 0.00425. The Morgan fingerprint density at radius 3 is 2.54 bits per heavy atom. The Morgan fingerprint density at radius 1 is 1.29 bits per heavy atom. The summed E-state index contributed by atoms with van der Waals surface area (Å²) in [6.45, 7) is 5.56. The van der Waals surface area contributed by atoms with Crippen molar-refractivity contribution in [3.05, 3.63) is 48.3 Å². The van der Waals surface area contributed by atoms with Gasteiger partial charge in [-0.05, 0) is 30.5 Å². The Morgan fingerprint density at radius 2 is 1.96 bits per heavy atom. The molecule has 1 heterocycles. The van der Waals surface area contributed by atoms with Gasteiger partial charge in [-0.1, -0.05) is 32.0 Å². The number of aromatic nitrogens is 2. The molecule has 24 heavy (non-hydrogen) atoms. The molecule has 6 heteroatoms. The van der Waals surface area contributed by atoms with Gasteiger partial charge in [-0.3, -0.25) is 9.59 Å². The van der Waals surface area contributed by atoms with Crippen LogP contribution in [0.15, 0.2) is 42.7 Å². The molecule has 0 aliphatic carbocycles. The van der Waals surface area contributed by atoms with E-state index < -0.39 is 11.5 Å². The minimum Gasteiger partial charge on any atom is -0.481 e. The van der Waals surface area contributed by atoms with Gasteiger partial charge < -0.3 is 10.4 Å². The normalized spacial score (nSPS) is 13.5. The predicted molar refractivity (Wildman–Crippen MR) is 90.9 cm³/mol. The third kappa shape index (κ3) is 4.44. The van der Waals surface area contributed by atoms with Gasteiger partial charge in [-0.15, -0.1) is 0 Å². The number of carboxylic acid groups (broad SMARTS) is 1. The van der Waals surface area contributed by atoms with Crippen molar-refractivity contribution in [2.24, 2.45) is 5.92 Å². The van der Waals surface area contributed by atoms with Gasteiger partial charge in [0.15, 0.2) is 0 Å². The van der Waals surface area contributed by atoms with E-state index in [1.165, 1.54) is 0 Å². The molecule has 1 unspecified atom stereocenters. The van der Waals surface area contributed by atoms with Crippen LogP contribution >= 0.6 is 0 Å². The van der Waals surface area contributed by atoms with Crippen LogP contribution in [0.2, 0.25) is 0 Å². The van der Waals surface area contributed by atoms with Gasteiger partial charge in [0.25, 0.3) is 0 Å². The Labute approximate surface area is 141 Å². The second kappa shape index (κ2) is 7.29. The van der Waals surface area contributed by atoms with Crippen LogP contribution in [0.5, 0.6) is 0 Å². The van der Waals surface area contributed by atoms with E-state index in [9.17, 15) is 9.59 Å². The molecule has 0 aliphatic heterocycles. The second-order valence-electron chi connectivity index (χ2n) is 6.50. The fraction of sp³-hybridized carbons (Fsp3) is 0.389. The Kier molecular flexibility index (Phi) is 5.39. The van der Waals surface area contributed by atoms with Crippen molar-refractivity contribution in [3.63, 3.8) is 0 Å². The van der Waals surface area contributed by atoms with Crippen molar-refractivity contribution >= 4 is 11.9 Å². The molecule has 1 atom stereocenters. The van der Waals surface area contributed by atoms with Crippen molar-refractivity contribution < 1.29 is 14.7 Å². The number of carbonyl (C=O) groups excluding carboxylic acids is 1. The van der Waals surface area contributed by atoms with Crippen LogP contribution in [0.4, 0.5) is 0 Å². The SMILES string of the molecule is CC(C)C(C)(CC(=O)O)NC(=O)Cc1cnn(-c2ccccc2)c1. The standard InChI is InChI=1S/C18H23N3O3/c1-13(2)18(3,10-17(23)24)20-16(22)9-14-11-19-21(12-14)15-7-5-4-6-8-15/h4-8,11-13H,9-10H2,1-3H3,(H,20,22)(H,23,24). The molecule has 6 nitrogen and oxygen atoms in total. The van der Waals surface area contributed by atoms with E-state index >= 15 is 0 Å². The number of rotatable bonds is 7. The van der Waals surface area contributed by atoms with Crippen molar-refractivity contribution in [1.29, 1.82) is 0 Å². The van der Waals surface area contributed by atoms with Crippen molar-refractivity contribution in [1.82, 2.24) is 15.1 Å². The van der Waals surface area contributed by atoms with Crippen LogP contribution in [0.1, 0.15) is 32.8 Å². The van der Waals surface area contributed by atoms with Gasteiger partial charge in [0.1, 0.15) is 0 Å². The summed E-state index contributed by atoms with van der Waals surface area (Å²) in [5, 5.41) is 16.2. The van der Waals surface area contributed by atoms with E-state index in [0.29, 0.717) is 0 Å². The third-order valence-corrected chi connectivity index (χ3v) is 4.24. The fourth-order valence-electron chi connectivity index (χ4n) is 2.43. The highest BCUT2D eigenvalue weighted by Crippen LogP contribution is 2.21. The van der Waals surface area contributed by atoms with E-state index in [-0.39, 0.29) is 24.7 Å². The maximum atomic E-state index is 12.3. The maximum Gasteiger partial charge on any atom is 0.305 e. The first-order valence-electron chi connectivity index (χ1n) is 7.92. The molecule has 1 aromatic carbocycles. The van der Waals surface area contributed by atoms with Crippen LogP contribution in [0, 0.1) is 5.92 Å². The molecule has 2 N–H and O–H groups in total. The Balaban J connectivity index is 2.04. The predicted octanol–water partition coefficient (Wildman–Crippen LogP) is 2.42. The number of amides is 1. The van der Waals surface area contributed by atoms with Gasteiger partial charge >= 0.3 is 5.97 Å². The van der Waals surface area contributed by atoms with Crippen LogP contribution in [0.3, 0.4) is 0 Å². The molecule has 0 radical (unpaired) electrons. The number of aliphatic carboxylic acids is 1. The summed E-state index contributed by atoms with van der Waals surface area (Å²) >= 11 is 0. The zero-order chi connectivity index (χ0) is 17.7. The largest absolute Gasteiger partial charge is 0.481 e. The smallest absolute Gasteiger partial charge is 0.305 e. The van der Waals surface area contributed by atoms with Crippen LogP contribution in [-0.4, -0.2) is 32.3 Å². The first kappa shape index (κ1) is 17.7. The summed E-state index contributed by atoms with van der Waals surface area (Å²) in [7, 11) is 0. The lowest BCUT2D eigenvalue weighted by atomic mass is 9.85. The molecule has 0 saturated carbocycles. The van der Waals surface area contributed by atoms with E-state index in [4.69, 9.17) is 5.11 Å². The summed E-state index contributed by atoms with van der Waals surface area (Å²) < 4.78 is 1.71. The molecular weight excluding hydrogens is 306 g/mol. The monoisotopic (exact) mass is 329 g/mol. The topological polar surface area (TPSA) is 84.2 Å². The molecule has 0 bridgehead atoms. The summed E-state index contributed by atoms with van der Waals surface area (Å²) in [6.07, 6.45) is 3.50. The molecule has 1 amide bonds. The lowest BCUT2D eigenvalue weighted by Gasteiger charge is -2.33. The maximum absolute atomic E-state index is 12.3. The van der Waals surface area contributed by atoms with Gasteiger partial charge in [-0.2, -0.15) is 5.10 Å². The highest BCUT2D eigenvalue weighted by molar-refractivity contribution is 5.80. The highest BCUT2D eigenvalue weighted by Gasteiger charge is 2.32. The second-order valence-corrected chi connectivity index (χ2v) is 6.50. The molecule has 2 rings (SSSR count). The van der Waals surface area contributed by atoms with Gasteiger partial charge in [-0.25, -0.2) is 4.68 Å². The zero-order valence-electron chi connectivity index (χ0n) is 14.2. The first-order chi connectivity index (χ1) is 11.3. The number of carboxylic acids is 1. The Bertz CT molecular complexity index is 709. The Hall–Kier alpha value is -2.63. The number of hydrogen-bond acceptors (Lipinski definition) is 3. The van der Waals surface area contributed by atoms with E-state index in [1.807, 2.05) is 44.2 Å². The van der Waals surface area contributed by atoms with Gasteiger partial charge in [0.2, 0.25) is 5.91 Å². The fourth-order valence-corrected chi connectivity index (χ4v) is 2.43. The number of benzene rings is 1. The van der Waals surface area contributed by atoms with Gasteiger partial charge in [0.05, 0.1) is 24.7 Å². The van der Waals surface area contributed by atoms with E-state index in [0.717, 1.165) is 11.3 Å². The molecule has 2 aromatic rings. The summed E-state index contributed by atoms with van der Waals surface area (Å²) in [5.41, 5.74) is 0.915. The molecule has 0 fully saturated rings. The molecule has 128 valence electrons. The van der Waals surface area contributed by atoms with Crippen molar-refractivity contribution in [2.75, 3.05) is 0 Å². The van der Waals surface area contributed by atoms with Crippen LogP contribution in [0.25, 0.3) is 5.69 Å². The number of para-hydroxylation sites is 1. The third-order valence-electron chi connectivity index (χ3n) is 4.24. The number of hydrogen-bond donors (Lipinski definition) is 2. The molecule has 0 saturated heterocycles.